The summed E-state index contributed by atoms with van der Waals surface area (Å²) < 4.78 is 30.1. The van der Waals surface area contributed by atoms with Gasteiger partial charge in [0.15, 0.2) is 0 Å². The minimum Gasteiger partial charge on any atom is -0.480 e. The Morgan fingerprint density at radius 1 is 1.57 bits per heavy atom. The summed E-state index contributed by atoms with van der Waals surface area (Å²) in [6.07, 6.45) is 5.06. The summed E-state index contributed by atoms with van der Waals surface area (Å²) in [5, 5.41) is 8.76. The van der Waals surface area contributed by atoms with Crippen molar-refractivity contribution in [2.45, 2.75) is 4.90 Å². The van der Waals surface area contributed by atoms with Crippen LogP contribution in [0, 0.1) is 12.3 Å². The van der Waals surface area contributed by atoms with E-state index < -0.39 is 35.1 Å². The number of carbonyl (C=O) groups is 2. The highest BCUT2D eigenvalue weighted by atomic mass is 79.9. The summed E-state index contributed by atoms with van der Waals surface area (Å²) in [5.41, 5.74) is 0. The number of methoxy groups -OCH3 is 1. The molecule has 0 bridgehead atoms. The van der Waals surface area contributed by atoms with Gasteiger partial charge < -0.3 is 9.84 Å². The van der Waals surface area contributed by atoms with E-state index in [4.69, 9.17) is 11.5 Å². The second kappa shape index (κ2) is 7.04. The Kier molecular flexibility index (Phi) is 5.91. The number of sulfonamides is 1. The number of terminal acetylenes is 1. The Balaban J connectivity index is 3.28. The molecule has 1 heterocycles. The molecule has 7 nitrogen and oxygen atoms in total. The van der Waals surface area contributed by atoms with Gasteiger partial charge in [0, 0.05) is 0 Å². The second-order valence-corrected chi connectivity index (χ2v) is 7.89. The van der Waals surface area contributed by atoms with E-state index in [0.29, 0.717) is 4.31 Å². The molecule has 0 radical (unpaired) electrons. The van der Waals surface area contributed by atoms with Gasteiger partial charge in [-0.3, -0.25) is 4.79 Å². The van der Waals surface area contributed by atoms with Crippen LogP contribution < -0.4 is 0 Å². The van der Waals surface area contributed by atoms with Crippen molar-refractivity contribution in [3.8, 4) is 12.3 Å². The van der Waals surface area contributed by atoms with E-state index in [1.165, 1.54) is 7.11 Å². The van der Waals surface area contributed by atoms with Crippen LogP contribution in [0.5, 0.6) is 0 Å². The van der Waals surface area contributed by atoms with Crippen LogP contribution in [-0.2, 0) is 19.6 Å². The van der Waals surface area contributed by atoms with Gasteiger partial charge in [-0.25, -0.2) is 13.2 Å². The number of carbonyl (C=O) groups excluding carboxylic acids is 1. The largest absolute Gasteiger partial charge is 0.480 e. The Bertz CT molecular complexity index is 703. The van der Waals surface area contributed by atoms with Crippen LogP contribution in [0.1, 0.15) is 9.67 Å². The first-order valence-electron chi connectivity index (χ1n) is 5.27. The third kappa shape index (κ3) is 4.04. The predicted octanol–water partition coefficient (Wildman–Crippen LogP) is 1.01. The van der Waals surface area contributed by atoms with E-state index in [0.717, 1.165) is 17.4 Å². The maximum absolute atomic E-state index is 12.4. The molecule has 0 amide bonds. The summed E-state index contributed by atoms with van der Waals surface area (Å²) >= 11 is 3.91. The molecule has 0 aliphatic heterocycles. The topological polar surface area (TPSA) is 101 Å². The van der Waals surface area contributed by atoms with Crippen LogP contribution in [0.2, 0.25) is 0 Å². The highest BCUT2D eigenvalue weighted by molar-refractivity contribution is 9.11. The fourth-order valence-corrected chi connectivity index (χ4v) is 5.08. The minimum absolute atomic E-state index is 0.0685. The second-order valence-electron chi connectivity index (χ2n) is 3.61. The number of carboxylic acids is 1. The molecule has 0 spiro atoms. The number of rotatable bonds is 6. The highest BCUT2D eigenvalue weighted by Crippen LogP contribution is 2.33. The van der Waals surface area contributed by atoms with Crippen molar-refractivity contribution in [3.63, 3.8) is 0 Å². The van der Waals surface area contributed by atoms with E-state index in [2.05, 4.69) is 26.6 Å². The van der Waals surface area contributed by atoms with Crippen molar-refractivity contribution in [3.05, 3.63) is 14.7 Å². The molecular formula is C11H10BrNO6S2. The fraction of sp³-hybridized carbons (Fsp3) is 0.273. The molecule has 0 aromatic carbocycles. The van der Waals surface area contributed by atoms with Gasteiger partial charge in [0.25, 0.3) is 0 Å². The Labute approximate surface area is 133 Å². The van der Waals surface area contributed by atoms with Gasteiger partial charge in [-0.15, -0.1) is 17.8 Å². The van der Waals surface area contributed by atoms with Crippen molar-refractivity contribution in [1.29, 1.82) is 0 Å². The molecule has 10 heteroatoms. The monoisotopic (exact) mass is 395 g/mol. The molecule has 0 unspecified atom stereocenters. The summed E-state index contributed by atoms with van der Waals surface area (Å²) in [5.74, 6) is 0.0588. The van der Waals surface area contributed by atoms with Gasteiger partial charge in [0.05, 0.1) is 17.4 Å². The van der Waals surface area contributed by atoms with E-state index in [9.17, 15) is 18.0 Å². The first-order valence-corrected chi connectivity index (χ1v) is 8.32. The van der Waals surface area contributed by atoms with E-state index in [-0.39, 0.29) is 13.6 Å². The van der Waals surface area contributed by atoms with Crippen molar-refractivity contribution in [2.75, 3.05) is 20.2 Å². The molecular weight excluding hydrogens is 386 g/mol. The van der Waals surface area contributed by atoms with Crippen molar-refractivity contribution in [1.82, 2.24) is 4.31 Å². The SMILES string of the molecule is C#CCN(CC(=O)O)S(=O)(=O)c1cc(C(=O)OC)sc1Br. The zero-order valence-electron chi connectivity index (χ0n) is 10.7. The average Bonchev–Trinajstić information content (AvgIpc) is 2.79. The molecule has 1 rings (SSSR count). The number of nitrogens with zero attached hydrogens (tertiary/aromatic N) is 1. The first-order chi connectivity index (χ1) is 9.73. The number of thiophene rings is 1. The normalized spacial score (nSPS) is 11.1. The lowest BCUT2D eigenvalue weighted by atomic mass is 10.5. The van der Waals surface area contributed by atoms with Crippen molar-refractivity contribution < 1.29 is 27.9 Å². The van der Waals surface area contributed by atoms with Gasteiger partial charge in [-0.1, -0.05) is 5.92 Å². The van der Waals surface area contributed by atoms with Crippen LogP contribution in [-0.4, -0.2) is 50.0 Å². The molecule has 0 fully saturated rings. The van der Waals surface area contributed by atoms with Gasteiger partial charge in [-0.05, 0) is 22.0 Å². The Morgan fingerprint density at radius 2 is 2.19 bits per heavy atom. The molecule has 1 N–H and O–H groups in total. The smallest absolute Gasteiger partial charge is 0.348 e. The molecule has 0 saturated heterocycles. The van der Waals surface area contributed by atoms with E-state index in [1.807, 2.05) is 0 Å². The molecule has 0 atom stereocenters. The summed E-state index contributed by atoms with van der Waals surface area (Å²) in [6, 6.07) is 1.11. The van der Waals surface area contributed by atoms with Crippen LogP contribution in [0.15, 0.2) is 14.7 Å². The minimum atomic E-state index is -4.14. The summed E-state index contributed by atoms with van der Waals surface area (Å²) in [6.45, 7) is -1.17. The number of esters is 1. The number of carboxylic acid groups (broad SMARTS) is 1. The van der Waals surface area contributed by atoms with Gasteiger partial charge in [0.2, 0.25) is 10.0 Å². The third-order valence-electron chi connectivity index (χ3n) is 2.24. The van der Waals surface area contributed by atoms with E-state index >= 15 is 0 Å². The molecule has 114 valence electrons. The van der Waals surface area contributed by atoms with Crippen LogP contribution in [0.4, 0.5) is 0 Å². The quantitative estimate of drug-likeness (QED) is 0.569. The molecule has 21 heavy (non-hydrogen) atoms. The van der Waals surface area contributed by atoms with Gasteiger partial charge >= 0.3 is 11.9 Å². The van der Waals surface area contributed by atoms with Gasteiger partial charge in [-0.2, -0.15) is 4.31 Å². The van der Waals surface area contributed by atoms with Crippen molar-refractivity contribution >= 4 is 49.2 Å². The van der Waals surface area contributed by atoms with Crippen LogP contribution >= 0.6 is 27.3 Å². The molecule has 0 aliphatic rings. The standard InChI is InChI=1S/C11H10BrNO6S2/c1-3-4-13(6-9(14)15)21(17,18)8-5-7(11(16)19-2)20-10(8)12/h1,5H,4,6H2,2H3,(H,14,15). The molecule has 0 saturated carbocycles. The molecule has 1 aromatic rings. The number of hydrogen-bond acceptors (Lipinski definition) is 6. The lowest BCUT2D eigenvalue weighted by molar-refractivity contribution is -0.137. The molecule has 1 aromatic heterocycles. The summed E-state index contributed by atoms with van der Waals surface area (Å²) in [4.78, 5) is 22.0. The third-order valence-corrected chi connectivity index (χ3v) is 6.26. The maximum Gasteiger partial charge on any atom is 0.348 e. The average molecular weight is 396 g/mol. The lowest BCUT2D eigenvalue weighted by Crippen LogP contribution is -2.35. The number of hydrogen-bond donors (Lipinski definition) is 1. The number of halogens is 1. The Morgan fingerprint density at radius 3 is 2.67 bits per heavy atom. The Hall–Kier alpha value is -1.41. The zero-order valence-corrected chi connectivity index (χ0v) is 13.9. The summed E-state index contributed by atoms with van der Waals surface area (Å²) in [7, 11) is -2.98. The highest BCUT2D eigenvalue weighted by Gasteiger charge is 2.30. The predicted molar refractivity (Wildman–Crippen MR) is 78.6 cm³/mol. The first kappa shape index (κ1) is 17.6. The van der Waals surface area contributed by atoms with Crippen LogP contribution in [0.25, 0.3) is 0 Å². The number of aliphatic carboxylic acids is 1. The van der Waals surface area contributed by atoms with Gasteiger partial charge in [0.1, 0.15) is 16.3 Å². The number of ether oxygens (including phenoxy) is 1. The maximum atomic E-state index is 12.4. The fourth-order valence-electron chi connectivity index (χ4n) is 1.35. The van der Waals surface area contributed by atoms with E-state index in [1.54, 1.807) is 0 Å². The van der Waals surface area contributed by atoms with Crippen LogP contribution in [0.3, 0.4) is 0 Å². The lowest BCUT2D eigenvalue weighted by Gasteiger charge is -2.17. The van der Waals surface area contributed by atoms with Crippen molar-refractivity contribution in [2.24, 2.45) is 0 Å². The zero-order chi connectivity index (χ0) is 16.2. The molecule has 0 aliphatic carbocycles.